The molecule has 2 N–H and O–H groups in total. The molecule has 2 aliphatic heterocycles. The van der Waals surface area contributed by atoms with Crippen molar-refractivity contribution in [2.24, 2.45) is 0 Å². The summed E-state index contributed by atoms with van der Waals surface area (Å²) in [6, 6.07) is 1.36. The van der Waals surface area contributed by atoms with E-state index in [1.54, 1.807) is 0 Å². The summed E-state index contributed by atoms with van der Waals surface area (Å²) in [5, 5.41) is 10.2. The van der Waals surface area contributed by atoms with Crippen molar-refractivity contribution in [2.75, 3.05) is 19.6 Å². The van der Waals surface area contributed by atoms with E-state index in [1.807, 2.05) is 17.3 Å². The standard InChI is InChI=1S/C18H29N5O/c24-18(21-15-8-10-22(13-15)16-5-1-2-6-16)23-9-4-3-7-17(23)14-11-19-20-12-14/h11-12,15-17H,1-10,13H2,(H,19,20)(H,21,24)/t15-,17-/m0/s1. The predicted molar refractivity (Wildman–Crippen MR) is 92.7 cm³/mol. The molecule has 2 atom stereocenters. The minimum absolute atomic E-state index is 0.110. The molecule has 0 unspecified atom stereocenters. The van der Waals surface area contributed by atoms with Gasteiger partial charge in [0.2, 0.25) is 0 Å². The van der Waals surface area contributed by atoms with Crippen molar-refractivity contribution in [3.63, 3.8) is 0 Å². The first kappa shape index (κ1) is 15.9. The van der Waals surface area contributed by atoms with Gasteiger partial charge in [-0.1, -0.05) is 12.8 Å². The van der Waals surface area contributed by atoms with Gasteiger partial charge in [0.25, 0.3) is 0 Å². The van der Waals surface area contributed by atoms with Gasteiger partial charge in [-0.15, -0.1) is 0 Å². The van der Waals surface area contributed by atoms with Crippen molar-refractivity contribution >= 4 is 6.03 Å². The van der Waals surface area contributed by atoms with Crippen LogP contribution in [0.1, 0.15) is 63.0 Å². The maximum atomic E-state index is 12.9. The first-order valence-electron chi connectivity index (χ1n) is 9.61. The van der Waals surface area contributed by atoms with Gasteiger partial charge in [-0.2, -0.15) is 5.10 Å². The normalized spacial score (nSPS) is 29.2. The molecule has 132 valence electrons. The SMILES string of the molecule is O=C(N[C@H]1CCN(C2CCCC2)C1)N1CCCC[C@H]1c1cn[nH]c1. The second-order valence-corrected chi connectivity index (χ2v) is 7.60. The number of H-pyrrole nitrogens is 1. The number of aromatic amines is 1. The average Bonchev–Trinajstić information content (AvgIpc) is 3.36. The Morgan fingerprint density at radius 2 is 1.96 bits per heavy atom. The van der Waals surface area contributed by atoms with Crippen molar-refractivity contribution < 1.29 is 4.79 Å². The van der Waals surface area contributed by atoms with Crippen molar-refractivity contribution in [3.05, 3.63) is 18.0 Å². The van der Waals surface area contributed by atoms with Gasteiger partial charge < -0.3 is 10.2 Å². The number of urea groups is 1. The van der Waals surface area contributed by atoms with Crippen LogP contribution in [0, 0.1) is 0 Å². The smallest absolute Gasteiger partial charge is 0.318 e. The minimum Gasteiger partial charge on any atom is -0.334 e. The summed E-state index contributed by atoms with van der Waals surface area (Å²) in [6.45, 7) is 3.02. The summed E-state index contributed by atoms with van der Waals surface area (Å²) in [5.74, 6) is 0. The lowest BCUT2D eigenvalue weighted by molar-refractivity contribution is 0.147. The second-order valence-electron chi connectivity index (χ2n) is 7.60. The largest absolute Gasteiger partial charge is 0.334 e. The summed E-state index contributed by atoms with van der Waals surface area (Å²) in [6.07, 6.45) is 13.6. The molecule has 0 bridgehead atoms. The van der Waals surface area contributed by atoms with Crippen molar-refractivity contribution in [1.29, 1.82) is 0 Å². The summed E-state index contributed by atoms with van der Waals surface area (Å²) in [7, 11) is 0. The third kappa shape index (κ3) is 3.29. The van der Waals surface area contributed by atoms with E-state index < -0.39 is 0 Å². The van der Waals surface area contributed by atoms with Crippen molar-refractivity contribution in [2.45, 2.75) is 69.5 Å². The molecule has 2 saturated heterocycles. The van der Waals surface area contributed by atoms with E-state index in [0.29, 0.717) is 6.04 Å². The van der Waals surface area contributed by atoms with Crippen LogP contribution in [-0.2, 0) is 0 Å². The maximum absolute atomic E-state index is 12.9. The highest BCUT2D eigenvalue weighted by Crippen LogP contribution is 2.31. The lowest BCUT2D eigenvalue weighted by Crippen LogP contribution is -2.49. The monoisotopic (exact) mass is 331 g/mol. The van der Waals surface area contributed by atoms with E-state index in [4.69, 9.17) is 0 Å². The Balaban J connectivity index is 1.35. The van der Waals surface area contributed by atoms with Gasteiger partial charge in [-0.25, -0.2) is 4.79 Å². The predicted octanol–water partition coefficient (Wildman–Crippen LogP) is 2.66. The zero-order valence-corrected chi connectivity index (χ0v) is 14.4. The Hall–Kier alpha value is -1.56. The molecule has 3 fully saturated rings. The van der Waals surface area contributed by atoms with Crippen LogP contribution >= 0.6 is 0 Å². The molecule has 6 nitrogen and oxygen atoms in total. The van der Waals surface area contributed by atoms with E-state index in [-0.39, 0.29) is 12.1 Å². The molecule has 4 rings (SSSR count). The van der Waals surface area contributed by atoms with Gasteiger partial charge >= 0.3 is 6.03 Å². The molecule has 1 aromatic heterocycles. The molecule has 1 aromatic rings. The first-order valence-corrected chi connectivity index (χ1v) is 9.61. The molecule has 0 spiro atoms. The van der Waals surface area contributed by atoms with Crippen molar-refractivity contribution in [1.82, 2.24) is 25.3 Å². The molecule has 0 radical (unpaired) electrons. The molecule has 2 amide bonds. The number of carbonyl (C=O) groups excluding carboxylic acids is 1. The first-order chi connectivity index (χ1) is 11.8. The van der Waals surface area contributed by atoms with Crippen LogP contribution < -0.4 is 5.32 Å². The van der Waals surface area contributed by atoms with Crippen LogP contribution in [0.2, 0.25) is 0 Å². The van der Waals surface area contributed by atoms with E-state index in [0.717, 1.165) is 50.5 Å². The van der Waals surface area contributed by atoms with E-state index in [2.05, 4.69) is 20.4 Å². The zero-order valence-electron chi connectivity index (χ0n) is 14.4. The van der Waals surface area contributed by atoms with Crippen molar-refractivity contribution in [3.8, 4) is 0 Å². The number of carbonyl (C=O) groups is 1. The number of hydrogen-bond donors (Lipinski definition) is 2. The average molecular weight is 331 g/mol. The zero-order chi connectivity index (χ0) is 16.4. The molecule has 0 aromatic carbocycles. The quantitative estimate of drug-likeness (QED) is 0.895. The van der Waals surface area contributed by atoms with Gasteiger partial charge in [0.1, 0.15) is 0 Å². The molecule has 3 heterocycles. The Labute approximate surface area is 144 Å². The Bertz CT molecular complexity index is 540. The highest BCUT2D eigenvalue weighted by molar-refractivity contribution is 5.75. The van der Waals surface area contributed by atoms with Gasteiger partial charge in [-0.3, -0.25) is 10.00 Å². The molecule has 24 heavy (non-hydrogen) atoms. The topological polar surface area (TPSA) is 64.3 Å². The third-order valence-electron chi connectivity index (χ3n) is 6.06. The number of hydrogen-bond acceptors (Lipinski definition) is 3. The molecular weight excluding hydrogens is 302 g/mol. The highest BCUT2D eigenvalue weighted by atomic mass is 16.2. The number of amides is 2. The van der Waals surface area contributed by atoms with E-state index in [1.165, 1.54) is 32.1 Å². The maximum Gasteiger partial charge on any atom is 0.318 e. The minimum atomic E-state index is 0.110. The van der Waals surface area contributed by atoms with E-state index >= 15 is 0 Å². The van der Waals surface area contributed by atoms with Gasteiger partial charge in [0.05, 0.1) is 12.2 Å². The van der Waals surface area contributed by atoms with Crippen LogP contribution in [0.15, 0.2) is 12.4 Å². The molecule has 1 aliphatic carbocycles. The molecule has 3 aliphatic rings. The Morgan fingerprint density at radius 1 is 1.12 bits per heavy atom. The number of nitrogens with one attached hydrogen (secondary N) is 2. The van der Waals surface area contributed by atoms with Crippen LogP contribution in [0.25, 0.3) is 0 Å². The summed E-state index contributed by atoms with van der Waals surface area (Å²) in [4.78, 5) is 17.5. The fourth-order valence-corrected chi connectivity index (χ4v) is 4.73. The number of likely N-dealkylation sites (tertiary alicyclic amines) is 2. The van der Waals surface area contributed by atoms with Crippen LogP contribution in [0.3, 0.4) is 0 Å². The van der Waals surface area contributed by atoms with E-state index in [9.17, 15) is 4.79 Å². The summed E-state index contributed by atoms with van der Waals surface area (Å²) >= 11 is 0. The van der Waals surface area contributed by atoms with Gasteiger partial charge in [0.15, 0.2) is 0 Å². The summed E-state index contributed by atoms with van der Waals surface area (Å²) < 4.78 is 0. The molecule has 6 heteroatoms. The van der Waals surface area contributed by atoms with Gasteiger partial charge in [0, 0.05) is 43.5 Å². The number of nitrogens with zero attached hydrogens (tertiary/aromatic N) is 3. The fourth-order valence-electron chi connectivity index (χ4n) is 4.73. The lowest BCUT2D eigenvalue weighted by Gasteiger charge is -2.36. The Kier molecular flexibility index (Phi) is 4.74. The number of aromatic nitrogens is 2. The molecule has 1 saturated carbocycles. The van der Waals surface area contributed by atoms with Crippen LogP contribution in [0.5, 0.6) is 0 Å². The van der Waals surface area contributed by atoms with Crippen LogP contribution in [0.4, 0.5) is 4.79 Å². The highest BCUT2D eigenvalue weighted by Gasteiger charge is 2.33. The van der Waals surface area contributed by atoms with Crippen LogP contribution in [-0.4, -0.2) is 57.7 Å². The second kappa shape index (κ2) is 7.13. The summed E-state index contributed by atoms with van der Waals surface area (Å²) in [5.41, 5.74) is 1.13. The lowest BCUT2D eigenvalue weighted by atomic mass is 9.98. The Morgan fingerprint density at radius 3 is 2.75 bits per heavy atom. The fraction of sp³-hybridized carbons (Fsp3) is 0.778. The third-order valence-corrected chi connectivity index (χ3v) is 6.06. The number of piperidine rings is 1. The van der Waals surface area contributed by atoms with Gasteiger partial charge in [-0.05, 0) is 38.5 Å². The number of rotatable bonds is 3. The molecular formula is C18H29N5O.